The molecule has 2 aliphatic rings. The van der Waals surface area contributed by atoms with E-state index in [9.17, 15) is 4.79 Å². The Labute approximate surface area is 130 Å². The Kier molecular flexibility index (Phi) is 3.34. The lowest BCUT2D eigenvalue weighted by atomic mass is 9.92. The van der Waals surface area contributed by atoms with Crippen LogP contribution in [0.3, 0.4) is 0 Å². The van der Waals surface area contributed by atoms with Crippen molar-refractivity contribution in [1.29, 1.82) is 0 Å². The number of fused-ring (bicyclic) bond motifs is 2. The Hall–Kier alpha value is -1.94. The maximum absolute atomic E-state index is 12.8. The number of benzene rings is 1. The van der Waals surface area contributed by atoms with Crippen LogP contribution >= 0.6 is 0 Å². The van der Waals surface area contributed by atoms with Gasteiger partial charge in [-0.25, -0.2) is 0 Å². The first-order valence-corrected chi connectivity index (χ1v) is 8.00. The van der Waals surface area contributed by atoms with Crippen LogP contribution in [0.15, 0.2) is 36.5 Å². The van der Waals surface area contributed by atoms with Gasteiger partial charge in [0.15, 0.2) is 0 Å². The summed E-state index contributed by atoms with van der Waals surface area (Å²) in [4.78, 5) is 19.1. The number of carbonyl (C=O) groups is 1. The number of carbonyl (C=O) groups excluding carboxylic acids is 1. The van der Waals surface area contributed by atoms with Crippen molar-refractivity contribution in [2.45, 2.75) is 32.0 Å². The van der Waals surface area contributed by atoms with Crippen molar-refractivity contribution in [2.24, 2.45) is 5.92 Å². The molecule has 1 aromatic carbocycles. The van der Waals surface area contributed by atoms with Gasteiger partial charge in [0.25, 0.3) is 5.91 Å². The van der Waals surface area contributed by atoms with Crippen molar-refractivity contribution in [3.8, 4) is 0 Å². The van der Waals surface area contributed by atoms with Crippen molar-refractivity contribution in [3.05, 3.63) is 42.1 Å². The molecule has 0 unspecified atom stereocenters. The SMILES string of the molecule is C[C@H]1C[C@H]2CN(C(=O)c3cnc4ccccc4c3)CC[C@H]2O1. The highest BCUT2D eigenvalue weighted by molar-refractivity contribution is 5.97. The number of likely N-dealkylation sites (tertiary alicyclic amines) is 1. The fraction of sp³-hybridized carbons (Fsp3) is 0.444. The number of para-hydroxylation sites is 1. The van der Waals surface area contributed by atoms with Crippen LogP contribution in [0.25, 0.3) is 10.9 Å². The minimum atomic E-state index is 0.0938. The maximum Gasteiger partial charge on any atom is 0.255 e. The van der Waals surface area contributed by atoms with Crippen LogP contribution in [-0.2, 0) is 4.74 Å². The van der Waals surface area contributed by atoms with Gasteiger partial charge in [0.05, 0.1) is 23.3 Å². The molecule has 0 radical (unpaired) electrons. The lowest BCUT2D eigenvalue weighted by molar-refractivity contribution is 0.00865. The summed E-state index contributed by atoms with van der Waals surface area (Å²) in [6.07, 6.45) is 4.37. The van der Waals surface area contributed by atoms with Gasteiger partial charge in [0.2, 0.25) is 0 Å². The molecule has 22 heavy (non-hydrogen) atoms. The van der Waals surface area contributed by atoms with Crippen molar-refractivity contribution in [2.75, 3.05) is 13.1 Å². The summed E-state index contributed by atoms with van der Waals surface area (Å²) in [6, 6.07) is 9.85. The number of rotatable bonds is 1. The van der Waals surface area contributed by atoms with Crippen molar-refractivity contribution < 1.29 is 9.53 Å². The van der Waals surface area contributed by atoms with E-state index in [2.05, 4.69) is 11.9 Å². The summed E-state index contributed by atoms with van der Waals surface area (Å²) in [7, 11) is 0. The van der Waals surface area contributed by atoms with Gasteiger partial charge in [0.1, 0.15) is 0 Å². The second-order valence-corrected chi connectivity index (χ2v) is 6.44. The highest BCUT2D eigenvalue weighted by Crippen LogP contribution is 2.33. The summed E-state index contributed by atoms with van der Waals surface area (Å²) in [5.74, 6) is 0.581. The second-order valence-electron chi connectivity index (χ2n) is 6.44. The molecule has 0 aliphatic carbocycles. The van der Waals surface area contributed by atoms with Crippen LogP contribution in [-0.4, -0.2) is 41.1 Å². The zero-order chi connectivity index (χ0) is 15.1. The highest BCUT2D eigenvalue weighted by atomic mass is 16.5. The molecule has 0 saturated carbocycles. The first-order chi connectivity index (χ1) is 10.7. The third kappa shape index (κ3) is 2.37. The van der Waals surface area contributed by atoms with E-state index in [0.29, 0.717) is 23.7 Å². The normalized spacial score (nSPS) is 27.9. The minimum absolute atomic E-state index is 0.0938. The molecule has 2 aromatic rings. The molecular formula is C18H20N2O2. The molecule has 1 aromatic heterocycles. The molecule has 2 fully saturated rings. The van der Waals surface area contributed by atoms with Crippen LogP contribution in [0.2, 0.25) is 0 Å². The standard InChI is InChI=1S/C18H20N2O2/c1-12-8-15-11-20(7-6-17(15)22-12)18(21)14-9-13-4-2-3-5-16(13)19-10-14/h2-5,9-10,12,15,17H,6-8,11H2,1H3/t12-,15-,17+/m0/s1. The average Bonchev–Trinajstić information content (AvgIpc) is 2.92. The Morgan fingerprint density at radius 1 is 1.36 bits per heavy atom. The van der Waals surface area contributed by atoms with Crippen LogP contribution in [0.1, 0.15) is 30.1 Å². The van der Waals surface area contributed by atoms with Crippen LogP contribution in [0, 0.1) is 5.92 Å². The Balaban J connectivity index is 1.55. The first-order valence-electron chi connectivity index (χ1n) is 8.00. The smallest absolute Gasteiger partial charge is 0.255 e. The quantitative estimate of drug-likeness (QED) is 0.812. The van der Waals surface area contributed by atoms with Gasteiger partial charge in [0, 0.05) is 30.6 Å². The Morgan fingerprint density at radius 2 is 2.23 bits per heavy atom. The van der Waals surface area contributed by atoms with E-state index in [1.165, 1.54) is 0 Å². The van der Waals surface area contributed by atoms with Gasteiger partial charge in [-0.2, -0.15) is 0 Å². The largest absolute Gasteiger partial charge is 0.375 e. The number of nitrogens with zero attached hydrogens (tertiary/aromatic N) is 2. The van der Waals surface area contributed by atoms with E-state index < -0.39 is 0 Å². The van der Waals surface area contributed by atoms with Crippen molar-refractivity contribution >= 4 is 16.8 Å². The third-order valence-corrected chi connectivity index (χ3v) is 4.83. The molecule has 1 amide bonds. The number of hydrogen-bond acceptors (Lipinski definition) is 3. The Bertz CT molecular complexity index is 715. The molecule has 114 valence electrons. The molecule has 2 aliphatic heterocycles. The number of ether oxygens (including phenoxy) is 1. The van der Waals surface area contributed by atoms with E-state index in [1.54, 1.807) is 6.20 Å². The van der Waals surface area contributed by atoms with E-state index in [-0.39, 0.29) is 5.91 Å². The summed E-state index contributed by atoms with van der Waals surface area (Å²) in [5.41, 5.74) is 1.61. The molecule has 0 bridgehead atoms. The topological polar surface area (TPSA) is 42.4 Å². The van der Waals surface area contributed by atoms with Gasteiger partial charge in [-0.05, 0) is 31.9 Å². The first kappa shape index (κ1) is 13.7. The van der Waals surface area contributed by atoms with Crippen molar-refractivity contribution in [3.63, 3.8) is 0 Å². The number of pyridine rings is 1. The number of amides is 1. The molecular weight excluding hydrogens is 276 g/mol. The van der Waals surface area contributed by atoms with Gasteiger partial charge in [-0.1, -0.05) is 18.2 Å². The molecule has 4 heteroatoms. The Morgan fingerprint density at radius 3 is 3.14 bits per heavy atom. The van der Waals surface area contributed by atoms with E-state index in [0.717, 1.165) is 36.8 Å². The second kappa shape index (κ2) is 5.36. The zero-order valence-corrected chi connectivity index (χ0v) is 12.7. The average molecular weight is 296 g/mol. The van der Waals surface area contributed by atoms with Gasteiger partial charge in [-0.3, -0.25) is 9.78 Å². The third-order valence-electron chi connectivity index (χ3n) is 4.83. The lowest BCUT2D eigenvalue weighted by Gasteiger charge is -2.34. The highest BCUT2D eigenvalue weighted by Gasteiger charge is 2.38. The summed E-state index contributed by atoms with van der Waals surface area (Å²) >= 11 is 0. The minimum Gasteiger partial charge on any atom is -0.375 e. The molecule has 4 nitrogen and oxygen atoms in total. The number of piperidine rings is 1. The predicted octanol–water partition coefficient (Wildman–Crippen LogP) is 2.87. The van der Waals surface area contributed by atoms with Crippen molar-refractivity contribution in [1.82, 2.24) is 9.88 Å². The van der Waals surface area contributed by atoms with Gasteiger partial charge >= 0.3 is 0 Å². The van der Waals surface area contributed by atoms with Crippen LogP contribution < -0.4 is 0 Å². The number of aromatic nitrogens is 1. The van der Waals surface area contributed by atoms with Gasteiger partial charge < -0.3 is 9.64 Å². The maximum atomic E-state index is 12.8. The summed E-state index contributed by atoms with van der Waals surface area (Å²) in [6.45, 7) is 3.71. The van der Waals surface area contributed by atoms with Crippen LogP contribution in [0.4, 0.5) is 0 Å². The molecule has 2 saturated heterocycles. The fourth-order valence-corrected chi connectivity index (χ4v) is 3.75. The van der Waals surface area contributed by atoms with E-state index in [1.807, 2.05) is 35.2 Å². The summed E-state index contributed by atoms with van der Waals surface area (Å²) < 4.78 is 5.91. The monoisotopic (exact) mass is 296 g/mol. The van der Waals surface area contributed by atoms with E-state index >= 15 is 0 Å². The summed E-state index contributed by atoms with van der Waals surface area (Å²) in [5, 5.41) is 1.01. The predicted molar refractivity (Wildman–Crippen MR) is 84.7 cm³/mol. The van der Waals surface area contributed by atoms with Crippen LogP contribution in [0.5, 0.6) is 0 Å². The molecule has 3 heterocycles. The van der Waals surface area contributed by atoms with E-state index in [4.69, 9.17) is 4.74 Å². The lowest BCUT2D eigenvalue weighted by Crippen LogP contribution is -2.44. The molecule has 0 spiro atoms. The fourth-order valence-electron chi connectivity index (χ4n) is 3.75. The number of hydrogen-bond donors (Lipinski definition) is 0. The molecule has 0 N–H and O–H groups in total. The van der Waals surface area contributed by atoms with Gasteiger partial charge in [-0.15, -0.1) is 0 Å². The molecule has 4 rings (SSSR count). The zero-order valence-electron chi connectivity index (χ0n) is 12.7. The molecule has 3 atom stereocenters.